The number of hydrogen-bond donors (Lipinski definition) is 2. The van der Waals surface area contributed by atoms with E-state index in [1.54, 1.807) is 74.4 Å². The Labute approximate surface area is 229 Å². The summed E-state index contributed by atoms with van der Waals surface area (Å²) >= 11 is 0. The van der Waals surface area contributed by atoms with E-state index in [0.717, 1.165) is 0 Å². The number of ether oxygens (including phenoxy) is 3. The number of rotatable bonds is 8. The number of hydrogen-bond acceptors (Lipinski definition) is 9. The number of methoxy groups -OCH3 is 3. The molecule has 0 spiro atoms. The first kappa shape index (κ1) is 26.2. The molecule has 12 nitrogen and oxygen atoms in total. The van der Waals surface area contributed by atoms with E-state index in [2.05, 4.69) is 15.6 Å². The lowest BCUT2D eigenvalue weighted by Gasteiger charge is -2.29. The number of aromatic nitrogens is 3. The highest BCUT2D eigenvalue weighted by molar-refractivity contribution is 6.06. The lowest BCUT2D eigenvalue weighted by atomic mass is 9.94. The topological polar surface area (TPSA) is 143 Å². The Hall–Kier alpha value is -5.39. The number of anilines is 2. The van der Waals surface area contributed by atoms with E-state index in [0.29, 0.717) is 57.1 Å². The Morgan fingerprint density at radius 3 is 2.40 bits per heavy atom. The van der Waals surface area contributed by atoms with Crippen molar-refractivity contribution in [1.29, 1.82) is 0 Å². The number of allylic oxidation sites excluding steroid dienone is 1. The molecule has 5 rings (SSSR count). The van der Waals surface area contributed by atoms with Gasteiger partial charge >= 0.3 is 0 Å². The molecule has 1 unspecified atom stereocenters. The minimum atomic E-state index is -0.768. The van der Waals surface area contributed by atoms with Gasteiger partial charge in [0.1, 0.15) is 23.3 Å². The van der Waals surface area contributed by atoms with Gasteiger partial charge in [0.2, 0.25) is 5.95 Å². The van der Waals surface area contributed by atoms with Crippen LogP contribution < -0.4 is 24.8 Å². The molecule has 40 heavy (non-hydrogen) atoms. The van der Waals surface area contributed by atoms with E-state index in [1.807, 2.05) is 6.07 Å². The van der Waals surface area contributed by atoms with Gasteiger partial charge in [0.05, 0.1) is 37.5 Å². The molecule has 1 amide bonds. The average Bonchev–Trinajstić information content (AvgIpc) is 3.40. The molecule has 0 radical (unpaired) electrons. The number of nitrogens with zero attached hydrogens (tertiary/aromatic N) is 4. The van der Waals surface area contributed by atoms with Crippen molar-refractivity contribution in [3.05, 3.63) is 93.7 Å². The Morgan fingerprint density at radius 2 is 1.73 bits per heavy atom. The van der Waals surface area contributed by atoms with Gasteiger partial charge in [-0.05, 0) is 49.4 Å². The van der Waals surface area contributed by atoms with Crippen LogP contribution in [0, 0.1) is 10.1 Å². The number of benzene rings is 3. The molecular weight excluding hydrogens is 516 g/mol. The summed E-state index contributed by atoms with van der Waals surface area (Å²) < 4.78 is 18.2. The molecule has 0 saturated carbocycles. The van der Waals surface area contributed by atoms with Crippen molar-refractivity contribution in [3.63, 3.8) is 0 Å². The largest absolute Gasteiger partial charge is 0.497 e. The third-order valence-corrected chi connectivity index (χ3v) is 6.52. The standard InChI is InChI=1S/C28H26N6O6/c1-16-24(27(35)30-21-7-5-6-8-23(21)40-4)25(20-15-19(38-2)13-14-22(20)39-3)33-28(29-16)31-26(32-33)17-9-11-18(12-10-17)34(36)37/h5-15,25H,1-4H3,(H,30,35)(H,29,31,32). The minimum Gasteiger partial charge on any atom is -0.497 e. The number of non-ortho nitro benzene ring substituents is 1. The zero-order chi connectivity index (χ0) is 28.4. The lowest BCUT2D eigenvalue weighted by molar-refractivity contribution is -0.384. The van der Waals surface area contributed by atoms with E-state index >= 15 is 0 Å². The third-order valence-electron chi connectivity index (χ3n) is 6.52. The summed E-state index contributed by atoms with van der Waals surface area (Å²) in [6.07, 6.45) is 0. The van der Waals surface area contributed by atoms with E-state index < -0.39 is 11.0 Å². The number of para-hydroxylation sites is 2. The van der Waals surface area contributed by atoms with Gasteiger partial charge in [0, 0.05) is 29.0 Å². The summed E-state index contributed by atoms with van der Waals surface area (Å²) in [5.74, 6) is 1.91. The minimum absolute atomic E-state index is 0.0438. The molecule has 0 saturated heterocycles. The van der Waals surface area contributed by atoms with Crippen molar-refractivity contribution in [2.24, 2.45) is 0 Å². The van der Waals surface area contributed by atoms with E-state index in [9.17, 15) is 14.9 Å². The van der Waals surface area contributed by atoms with Crippen LogP contribution in [-0.4, -0.2) is 46.9 Å². The molecule has 1 aliphatic rings. The molecule has 204 valence electrons. The van der Waals surface area contributed by atoms with Crippen LogP contribution in [-0.2, 0) is 4.79 Å². The van der Waals surface area contributed by atoms with Crippen LogP contribution in [0.1, 0.15) is 18.5 Å². The van der Waals surface area contributed by atoms with Crippen molar-refractivity contribution in [2.75, 3.05) is 32.0 Å². The second kappa shape index (κ2) is 10.8. The van der Waals surface area contributed by atoms with Gasteiger partial charge in [-0.25, -0.2) is 4.68 Å². The lowest BCUT2D eigenvalue weighted by Crippen LogP contribution is -2.31. The van der Waals surface area contributed by atoms with E-state index in [1.165, 1.54) is 19.2 Å². The number of nitro benzene ring substituents is 1. The number of carbonyl (C=O) groups is 1. The highest BCUT2D eigenvalue weighted by atomic mass is 16.6. The number of fused-ring (bicyclic) bond motifs is 1. The predicted octanol–water partition coefficient (Wildman–Crippen LogP) is 4.81. The molecular formula is C28H26N6O6. The maximum atomic E-state index is 13.9. The monoisotopic (exact) mass is 542 g/mol. The smallest absolute Gasteiger partial charge is 0.269 e. The van der Waals surface area contributed by atoms with Gasteiger partial charge in [-0.2, -0.15) is 4.98 Å². The second-order valence-corrected chi connectivity index (χ2v) is 8.84. The summed E-state index contributed by atoms with van der Waals surface area (Å²) in [6.45, 7) is 1.78. The summed E-state index contributed by atoms with van der Waals surface area (Å²) in [5.41, 5.74) is 2.57. The van der Waals surface area contributed by atoms with Crippen LogP contribution in [0.2, 0.25) is 0 Å². The van der Waals surface area contributed by atoms with Crippen molar-refractivity contribution in [2.45, 2.75) is 13.0 Å². The highest BCUT2D eigenvalue weighted by Crippen LogP contribution is 2.42. The second-order valence-electron chi connectivity index (χ2n) is 8.84. The van der Waals surface area contributed by atoms with Crippen LogP contribution in [0.3, 0.4) is 0 Å². The summed E-state index contributed by atoms with van der Waals surface area (Å²) in [5, 5.41) is 22.0. The number of nitro groups is 1. The fourth-order valence-corrected chi connectivity index (χ4v) is 4.58. The molecule has 1 aliphatic heterocycles. The van der Waals surface area contributed by atoms with Crippen molar-refractivity contribution >= 4 is 23.2 Å². The zero-order valence-electron chi connectivity index (χ0n) is 22.2. The first-order valence-corrected chi connectivity index (χ1v) is 12.2. The van der Waals surface area contributed by atoms with Crippen LogP contribution in [0.5, 0.6) is 17.2 Å². The molecule has 3 aromatic carbocycles. The molecule has 2 N–H and O–H groups in total. The molecule has 12 heteroatoms. The van der Waals surface area contributed by atoms with Gasteiger partial charge in [-0.1, -0.05) is 12.1 Å². The van der Waals surface area contributed by atoms with Crippen LogP contribution in [0.15, 0.2) is 78.0 Å². The van der Waals surface area contributed by atoms with Crippen LogP contribution >= 0.6 is 0 Å². The number of amides is 1. The summed E-state index contributed by atoms with van der Waals surface area (Å²) in [6, 6.07) is 17.6. The maximum absolute atomic E-state index is 13.9. The van der Waals surface area contributed by atoms with Gasteiger partial charge in [0.25, 0.3) is 11.6 Å². The Bertz CT molecular complexity index is 1630. The highest BCUT2D eigenvalue weighted by Gasteiger charge is 2.36. The van der Waals surface area contributed by atoms with E-state index in [-0.39, 0.29) is 11.6 Å². The molecule has 0 aliphatic carbocycles. The Balaban J connectivity index is 1.64. The summed E-state index contributed by atoms with van der Waals surface area (Å²) in [4.78, 5) is 29.2. The normalized spacial score (nSPS) is 14.2. The molecule has 1 aromatic heterocycles. The van der Waals surface area contributed by atoms with Crippen LogP contribution in [0.25, 0.3) is 11.4 Å². The zero-order valence-corrected chi connectivity index (χ0v) is 22.2. The van der Waals surface area contributed by atoms with Gasteiger partial charge in [-0.15, -0.1) is 5.10 Å². The van der Waals surface area contributed by atoms with Crippen LogP contribution in [0.4, 0.5) is 17.3 Å². The quantitative estimate of drug-likeness (QED) is 0.237. The van der Waals surface area contributed by atoms with Crippen molar-refractivity contribution < 1.29 is 23.9 Å². The number of nitrogens with one attached hydrogen (secondary N) is 2. The molecule has 4 aromatic rings. The van der Waals surface area contributed by atoms with Crippen molar-refractivity contribution in [1.82, 2.24) is 14.8 Å². The molecule has 0 fully saturated rings. The maximum Gasteiger partial charge on any atom is 0.269 e. The van der Waals surface area contributed by atoms with Gasteiger partial charge in [-0.3, -0.25) is 14.9 Å². The van der Waals surface area contributed by atoms with E-state index in [4.69, 9.17) is 19.3 Å². The van der Waals surface area contributed by atoms with Gasteiger partial charge < -0.3 is 24.8 Å². The first-order valence-electron chi connectivity index (χ1n) is 12.2. The SMILES string of the molecule is COc1ccc(OC)c(C2C(C(=O)Nc3ccccc3OC)=C(C)Nc3nc(-c4ccc([N+](=O)[O-])cc4)nn32)c1. The number of carbonyl (C=O) groups excluding carboxylic acids is 1. The fraction of sp³-hybridized carbons (Fsp3) is 0.179. The Morgan fingerprint density at radius 1 is 1.00 bits per heavy atom. The molecule has 0 bridgehead atoms. The summed E-state index contributed by atoms with van der Waals surface area (Å²) in [7, 11) is 4.63. The van der Waals surface area contributed by atoms with Crippen molar-refractivity contribution in [3.8, 4) is 28.6 Å². The molecule has 2 heterocycles. The molecule has 1 atom stereocenters. The third kappa shape index (κ3) is 4.77. The Kier molecular flexibility index (Phi) is 7.06. The predicted molar refractivity (Wildman–Crippen MR) is 148 cm³/mol. The van der Waals surface area contributed by atoms with Gasteiger partial charge in [0.15, 0.2) is 5.82 Å². The average molecular weight is 543 g/mol. The fourth-order valence-electron chi connectivity index (χ4n) is 4.58. The first-order chi connectivity index (χ1) is 19.3.